The van der Waals surface area contributed by atoms with Gasteiger partial charge in [-0.2, -0.15) is 0 Å². The summed E-state index contributed by atoms with van der Waals surface area (Å²) in [4.78, 5) is 11.9. The van der Waals surface area contributed by atoms with Gasteiger partial charge in [0.2, 0.25) is 0 Å². The van der Waals surface area contributed by atoms with E-state index in [4.69, 9.17) is 0 Å². The Morgan fingerprint density at radius 2 is 1.96 bits per heavy atom. The molecular weight excluding hydrogens is 298 g/mol. The van der Waals surface area contributed by atoms with Gasteiger partial charge in [-0.1, -0.05) is 51.2 Å². The van der Waals surface area contributed by atoms with E-state index in [1.54, 1.807) is 6.92 Å². The molecule has 1 fully saturated rings. The van der Waals surface area contributed by atoms with E-state index in [-0.39, 0.29) is 0 Å². The van der Waals surface area contributed by atoms with Gasteiger partial charge >= 0.3 is 0 Å². The van der Waals surface area contributed by atoms with E-state index < -0.39 is 42.3 Å². The molecule has 1 heterocycles. The van der Waals surface area contributed by atoms with Crippen molar-refractivity contribution < 1.29 is 25.2 Å². The van der Waals surface area contributed by atoms with E-state index in [0.29, 0.717) is 6.42 Å². The fraction of sp³-hybridized carbons (Fsp3) is 0.824. The summed E-state index contributed by atoms with van der Waals surface area (Å²) < 4.78 is 0. The summed E-state index contributed by atoms with van der Waals surface area (Å²) in [6.45, 7) is 2.99. The summed E-state index contributed by atoms with van der Waals surface area (Å²) in [6.07, 6.45) is 7.30. The van der Waals surface area contributed by atoms with Gasteiger partial charge < -0.3 is 25.7 Å². The van der Waals surface area contributed by atoms with Gasteiger partial charge in [0.1, 0.15) is 0 Å². The normalized spacial score (nSPS) is 33.0. The summed E-state index contributed by atoms with van der Waals surface area (Å²) in [7, 11) is 0. The van der Waals surface area contributed by atoms with Crippen molar-refractivity contribution in [3.05, 3.63) is 12.2 Å². The fourth-order valence-corrected chi connectivity index (χ4v) is 2.91. The van der Waals surface area contributed by atoms with E-state index >= 15 is 0 Å². The van der Waals surface area contributed by atoms with Gasteiger partial charge in [0.15, 0.2) is 5.60 Å². The number of hydrogen-bond acceptors (Lipinski definition) is 5. The zero-order valence-electron chi connectivity index (χ0n) is 14.1. The Bertz CT molecular complexity index is 400. The van der Waals surface area contributed by atoms with Crippen LogP contribution in [0.25, 0.3) is 0 Å². The second-order valence-corrected chi connectivity index (χ2v) is 6.52. The Hall–Kier alpha value is -0.950. The first-order valence-corrected chi connectivity index (χ1v) is 8.55. The van der Waals surface area contributed by atoms with E-state index in [1.165, 1.54) is 25.0 Å². The van der Waals surface area contributed by atoms with Crippen molar-refractivity contribution in [3.63, 3.8) is 0 Å². The number of carbonyl (C=O) groups excluding carboxylic acids is 1. The maximum Gasteiger partial charge on any atom is 0.255 e. The van der Waals surface area contributed by atoms with Crippen LogP contribution in [0.5, 0.6) is 0 Å². The second-order valence-electron chi connectivity index (χ2n) is 6.52. The van der Waals surface area contributed by atoms with E-state index in [9.17, 15) is 25.2 Å². The lowest BCUT2D eigenvalue weighted by atomic mass is 9.76. The molecule has 0 bridgehead atoms. The first-order chi connectivity index (χ1) is 10.9. The van der Waals surface area contributed by atoms with Gasteiger partial charge in [0.25, 0.3) is 5.91 Å². The molecule has 6 heteroatoms. The molecule has 0 aromatic rings. The average Bonchev–Trinajstić information content (AvgIpc) is 2.52. The number of piperidine rings is 1. The Labute approximate surface area is 138 Å². The van der Waals surface area contributed by atoms with Crippen molar-refractivity contribution in [3.8, 4) is 0 Å². The van der Waals surface area contributed by atoms with Crippen LogP contribution in [0.1, 0.15) is 52.4 Å². The van der Waals surface area contributed by atoms with Crippen molar-refractivity contribution in [2.45, 2.75) is 76.2 Å². The molecule has 0 aliphatic carbocycles. The molecule has 5 atom stereocenters. The van der Waals surface area contributed by atoms with Crippen LogP contribution in [0.3, 0.4) is 0 Å². The number of rotatable bonds is 9. The molecule has 23 heavy (non-hydrogen) atoms. The van der Waals surface area contributed by atoms with Crippen LogP contribution in [0.4, 0.5) is 0 Å². The van der Waals surface area contributed by atoms with Crippen molar-refractivity contribution >= 4 is 5.91 Å². The van der Waals surface area contributed by atoms with Crippen molar-refractivity contribution in [2.75, 3.05) is 6.61 Å². The summed E-state index contributed by atoms with van der Waals surface area (Å²) in [5.74, 6) is -1.66. The van der Waals surface area contributed by atoms with E-state index in [1.807, 2.05) is 0 Å². The molecule has 1 unspecified atom stereocenters. The van der Waals surface area contributed by atoms with Crippen molar-refractivity contribution in [2.24, 2.45) is 5.92 Å². The zero-order chi connectivity index (χ0) is 17.5. The van der Waals surface area contributed by atoms with Crippen LogP contribution in [0.15, 0.2) is 12.2 Å². The van der Waals surface area contributed by atoms with Crippen LogP contribution in [0.2, 0.25) is 0 Å². The van der Waals surface area contributed by atoms with Gasteiger partial charge in [0.05, 0.1) is 24.9 Å². The Balaban J connectivity index is 2.61. The summed E-state index contributed by atoms with van der Waals surface area (Å²) in [5, 5.41) is 42.3. The number of carbonyl (C=O) groups is 1. The Kier molecular flexibility index (Phi) is 8.19. The third-order valence-electron chi connectivity index (χ3n) is 4.57. The summed E-state index contributed by atoms with van der Waals surface area (Å²) in [5.41, 5.74) is -2.07. The van der Waals surface area contributed by atoms with Gasteiger partial charge in [-0.15, -0.1) is 0 Å². The number of amides is 1. The van der Waals surface area contributed by atoms with Gasteiger partial charge in [-0.25, -0.2) is 0 Å². The molecule has 1 aliphatic heterocycles. The number of aliphatic hydroxyl groups is 4. The predicted octanol–water partition coefficient (Wildman–Crippen LogP) is 0.483. The maximum atomic E-state index is 11.9. The third kappa shape index (κ3) is 5.28. The van der Waals surface area contributed by atoms with Crippen LogP contribution < -0.4 is 5.32 Å². The second kappa shape index (κ2) is 9.37. The Morgan fingerprint density at radius 3 is 2.57 bits per heavy atom. The summed E-state index contributed by atoms with van der Waals surface area (Å²) >= 11 is 0. The number of hydrogen-bond donors (Lipinski definition) is 5. The minimum absolute atomic E-state index is 0.532. The fourth-order valence-electron chi connectivity index (χ4n) is 2.91. The highest BCUT2D eigenvalue weighted by Crippen LogP contribution is 2.29. The highest BCUT2D eigenvalue weighted by Gasteiger charge is 2.51. The molecule has 134 valence electrons. The van der Waals surface area contributed by atoms with E-state index in [0.717, 1.165) is 19.3 Å². The minimum atomic E-state index is -2.07. The number of nitrogens with one attached hydrogen (secondary N) is 1. The molecule has 0 spiro atoms. The van der Waals surface area contributed by atoms with Gasteiger partial charge in [0, 0.05) is 5.92 Å². The topological polar surface area (TPSA) is 110 Å². The molecule has 6 nitrogen and oxygen atoms in total. The molecule has 0 aromatic carbocycles. The van der Waals surface area contributed by atoms with Crippen molar-refractivity contribution in [1.29, 1.82) is 0 Å². The van der Waals surface area contributed by atoms with Gasteiger partial charge in [-0.05, 0) is 13.3 Å². The first-order valence-electron chi connectivity index (χ1n) is 8.55. The largest absolute Gasteiger partial charge is 0.393 e. The van der Waals surface area contributed by atoms with Crippen LogP contribution in [-0.4, -0.2) is 56.8 Å². The van der Waals surface area contributed by atoms with Crippen LogP contribution >= 0.6 is 0 Å². The minimum Gasteiger partial charge on any atom is -0.393 e. The lowest BCUT2D eigenvalue weighted by molar-refractivity contribution is -0.166. The van der Waals surface area contributed by atoms with Gasteiger partial charge in [-0.3, -0.25) is 4.79 Å². The molecule has 1 amide bonds. The molecule has 0 aromatic heterocycles. The maximum absolute atomic E-state index is 11.9. The standard InChI is InChI=1S/C17H31NO5/c1-3-4-5-6-7-8-13(20)9-10-14-15(21)12(2)18-16(22)17(14,23)11-19/h9-10,12-15,19-21,23H,3-8,11H2,1-2H3,(H,18,22)/b10-9+/t12-,13?,14-,15-,17+/m1/s1. The molecule has 0 radical (unpaired) electrons. The predicted molar refractivity (Wildman–Crippen MR) is 87.7 cm³/mol. The molecule has 1 rings (SSSR count). The zero-order valence-corrected chi connectivity index (χ0v) is 14.1. The highest BCUT2D eigenvalue weighted by atomic mass is 16.3. The molecule has 1 aliphatic rings. The lowest BCUT2D eigenvalue weighted by Gasteiger charge is -2.42. The first kappa shape index (κ1) is 20.1. The average molecular weight is 329 g/mol. The number of aliphatic hydroxyl groups excluding tert-OH is 3. The van der Waals surface area contributed by atoms with E-state index in [2.05, 4.69) is 12.2 Å². The molecule has 5 N–H and O–H groups in total. The van der Waals surface area contributed by atoms with Crippen molar-refractivity contribution in [1.82, 2.24) is 5.32 Å². The van der Waals surface area contributed by atoms with Crippen LogP contribution in [0, 0.1) is 5.92 Å². The number of unbranched alkanes of at least 4 members (excludes halogenated alkanes) is 4. The Morgan fingerprint density at radius 1 is 1.30 bits per heavy atom. The quantitative estimate of drug-likeness (QED) is 0.312. The molecule has 0 saturated carbocycles. The lowest BCUT2D eigenvalue weighted by Crippen LogP contribution is -2.67. The smallest absolute Gasteiger partial charge is 0.255 e. The summed E-state index contributed by atoms with van der Waals surface area (Å²) in [6, 6.07) is -0.532. The monoisotopic (exact) mass is 329 g/mol. The third-order valence-corrected chi connectivity index (χ3v) is 4.57. The highest BCUT2D eigenvalue weighted by molar-refractivity contribution is 5.87. The SMILES string of the molecule is CCCCCCCC(O)/C=C/[C@@H]1[C@H](O)[C@@H](C)NC(=O)[C@]1(O)CO. The molecule has 1 saturated heterocycles. The van der Waals surface area contributed by atoms with Crippen LogP contribution in [-0.2, 0) is 4.79 Å². The molecular formula is C17H31NO5.